The van der Waals surface area contributed by atoms with Gasteiger partial charge in [0.1, 0.15) is 11.6 Å². The van der Waals surface area contributed by atoms with Gasteiger partial charge in [-0.15, -0.1) is 0 Å². The first-order valence-electron chi connectivity index (χ1n) is 5.90. The lowest BCUT2D eigenvalue weighted by Gasteiger charge is -2.07. The Kier molecular flexibility index (Phi) is 4.12. The summed E-state index contributed by atoms with van der Waals surface area (Å²) in [7, 11) is 1.84. The van der Waals surface area contributed by atoms with E-state index in [4.69, 9.17) is 0 Å². The second-order valence-electron chi connectivity index (χ2n) is 3.98. The van der Waals surface area contributed by atoms with Crippen LogP contribution in [0, 0.1) is 5.82 Å². The number of aromatic nitrogens is 1. The molecule has 0 aliphatic carbocycles. The molecule has 0 atom stereocenters. The van der Waals surface area contributed by atoms with E-state index in [1.165, 1.54) is 12.1 Å². The van der Waals surface area contributed by atoms with E-state index in [0.717, 1.165) is 30.0 Å². The van der Waals surface area contributed by atoms with Crippen LogP contribution in [0.1, 0.15) is 5.56 Å². The van der Waals surface area contributed by atoms with E-state index in [2.05, 4.69) is 15.6 Å². The van der Waals surface area contributed by atoms with E-state index >= 15 is 0 Å². The summed E-state index contributed by atoms with van der Waals surface area (Å²) >= 11 is 0. The molecule has 0 radical (unpaired) electrons. The van der Waals surface area contributed by atoms with Crippen molar-refractivity contribution in [2.45, 2.75) is 6.42 Å². The Morgan fingerprint density at radius 3 is 2.67 bits per heavy atom. The first kappa shape index (κ1) is 12.4. The number of pyridine rings is 1. The molecule has 0 saturated heterocycles. The molecule has 94 valence electrons. The fourth-order valence-electron chi connectivity index (χ4n) is 1.68. The third-order valence-corrected chi connectivity index (χ3v) is 2.67. The van der Waals surface area contributed by atoms with E-state index in [1.54, 1.807) is 6.20 Å². The zero-order valence-electron chi connectivity index (χ0n) is 10.3. The fraction of sp³-hybridized carbons (Fsp3) is 0.214. The number of hydrogen-bond acceptors (Lipinski definition) is 3. The summed E-state index contributed by atoms with van der Waals surface area (Å²) < 4.78 is 12.7. The number of rotatable bonds is 5. The molecular formula is C14H16FN3. The van der Waals surface area contributed by atoms with E-state index in [1.807, 2.05) is 31.3 Å². The van der Waals surface area contributed by atoms with Crippen molar-refractivity contribution in [2.24, 2.45) is 0 Å². The summed E-state index contributed by atoms with van der Waals surface area (Å²) in [5.41, 5.74) is 2.14. The highest BCUT2D eigenvalue weighted by Crippen LogP contribution is 2.11. The third-order valence-electron chi connectivity index (χ3n) is 2.67. The lowest BCUT2D eigenvalue weighted by atomic mass is 10.1. The van der Waals surface area contributed by atoms with Crippen molar-refractivity contribution >= 4 is 11.5 Å². The van der Waals surface area contributed by atoms with Gasteiger partial charge in [0, 0.05) is 31.5 Å². The molecule has 0 unspecified atom stereocenters. The van der Waals surface area contributed by atoms with Crippen LogP contribution in [-0.2, 0) is 6.42 Å². The fourth-order valence-corrected chi connectivity index (χ4v) is 1.68. The molecule has 0 spiro atoms. The number of hydrogen-bond donors (Lipinski definition) is 2. The van der Waals surface area contributed by atoms with Gasteiger partial charge in [0.05, 0.1) is 0 Å². The molecule has 1 aromatic heterocycles. The van der Waals surface area contributed by atoms with Gasteiger partial charge >= 0.3 is 0 Å². The highest BCUT2D eigenvalue weighted by Gasteiger charge is 1.96. The van der Waals surface area contributed by atoms with Crippen LogP contribution >= 0.6 is 0 Å². The quantitative estimate of drug-likeness (QED) is 0.850. The van der Waals surface area contributed by atoms with Crippen LogP contribution in [0.5, 0.6) is 0 Å². The summed E-state index contributed by atoms with van der Waals surface area (Å²) in [5.74, 6) is 0.640. The molecule has 1 heterocycles. The van der Waals surface area contributed by atoms with Crippen LogP contribution < -0.4 is 10.6 Å². The predicted octanol–water partition coefficient (Wildman–Crippen LogP) is 2.92. The number of nitrogens with zero attached hydrogens (tertiary/aromatic N) is 1. The first-order chi connectivity index (χ1) is 8.78. The standard InChI is InChI=1S/C14H16FN3/c1-16-14-10-13(7-9-18-14)17-8-6-11-2-4-12(15)5-3-11/h2-5,7,9-10H,6,8H2,1H3,(H2,16,17,18). The van der Waals surface area contributed by atoms with Crippen molar-refractivity contribution in [3.05, 3.63) is 54.0 Å². The van der Waals surface area contributed by atoms with Gasteiger partial charge < -0.3 is 10.6 Å². The topological polar surface area (TPSA) is 37.0 Å². The molecule has 2 N–H and O–H groups in total. The maximum Gasteiger partial charge on any atom is 0.127 e. The molecule has 4 heteroatoms. The van der Waals surface area contributed by atoms with Crippen molar-refractivity contribution in [2.75, 3.05) is 24.2 Å². The average Bonchev–Trinajstić information content (AvgIpc) is 2.41. The Labute approximate surface area is 106 Å². The van der Waals surface area contributed by atoms with E-state index in [9.17, 15) is 4.39 Å². The number of halogens is 1. The van der Waals surface area contributed by atoms with Crippen LogP contribution in [0.2, 0.25) is 0 Å². The molecule has 0 saturated carbocycles. The SMILES string of the molecule is CNc1cc(NCCc2ccc(F)cc2)ccn1. The van der Waals surface area contributed by atoms with Crippen molar-refractivity contribution in [3.8, 4) is 0 Å². The van der Waals surface area contributed by atoms with E-state index in [-0.39, 0.29) is 5.82 Å². The molecule has 3 nitrogen and oxygen atoms in total. The summed E-state index contributed by atoms with van der Waals surface area (Å²) in [6.07, 6.45) is 2.61. The van der Waals surface area contributed by atoms with Crippen molar-refractivity contribution in [3.63, 3.8) is 0 Å². The van der Waals surface area contributed by atoms with Crippen molar-refractivity contribution in [1.82, 2.24) is 4.98 Å². The second-order valence-corrected chi connectivity index (χ2v) is 3.98. The molecule has 18 heavy (non-hydrogen) atoms. The molecule has 2 rings (SSSR count). The Bertz CT molecular complexity index is 497. The van der Waals surface area contributed by atoms with Gasteiger partial charge in [0.2, 0.25) is 0 Å². The highest BCUT2D eigenvalue weighted by atomic mass is 19.1. The van der Waals surface area contributed by atoms with Crippen molar-refractivity contribution < 1.29 is 4.39 Å². The minimum Gasteiger partial charge on any atom is -0.385 e. The van der Waals surface area contributed by atoms with Gasteiger partial charge in [-0.2, -0.15) is 0 Å². The molecule has 0 amide bonds. The Hall–Kier alpha value is -2.10. The predicted molar refractivity (Wildman–Crippen MR) is 72.4 cm³/mol. The minimum absolute atomic E-state index is 0.195. The first-order valence-corrected chi connectivity index (χ1v) is 5.90. The van der Waals surface area contributed by atoms with Crippen LogP contribution in [0.25, 0.3) is 0 Å². The summed E-state index contributed by atoms with van der Waals surface area (Å²) in [5, 5.41) is 6.30. The second kappa shape index (κ2) is 6.00. The largest absolute Gasteiger partial charge is 0.385 e. The molecule has 0 bridgehead atoms. The minimum atomic E-state index is -0.195. The normalized spacial score (nSPS) is 10.1. The molecule has 0 fully saturated rings. The smallest absolute Gasteiger partial charge is 0.127 e. The number of nitrogens with one attached hydrogen (secondary N) is 2. The zero-order chi connectivity index (χ0) is 12.8. The van der Waals surface area contributed by atoms with Gasteiger partial charge in [-0.1, -0.05) is 12.1 Å². The third kappa shape index (κ3) is 3.45. The zero-order valence-corrected chi connectivity index (χ0v) is 10.3. The lowest BCUT2D eigenvalue weighted by Crippen LogP contribution is -2.05. The van der Waals surface area contributed by atoms with Crippen LogP contribution in [-0.4, -0.2) is 18.6 Å². The maximum atomic E-state index is 12.7. The van der Waals surface area contributed by atoms with Crippen LogP contribution in [0.15, 0.2) is 42.6 Å². The van der Waals surface area contributed by atoms with Gasteiger partial charge in [0.25, 0.3) is 0 Å². The molecule has 1 aromatic carbocycles. The summed E-state index contributed by atoms with van der Waals surface area (Å²) in [6, 6.07) is 10.5. The monoisotopic (exact) mass is 245 g/mol. The maximum absolute atomic E-state index is 12.7. The van der Waals surface area contributed by atoms with Crippen molar-refractivity contribution in [1.29, 1.82) is 0 Å². The average molecular weight is 245 g/mol. The van der Waals surface area contributed by atoms with Crippen LogP contribution in [0.3, 0.4) is 0 Å². The molecular weight excluding hydrogens is 229 g/mol. The number of anilines is 2. The van der Waals surface area contributed by atoms with Crippen LogP contribution in [0.4, 0.5) is 15.9 Å². The summed E-state index contributed by atoms with van der Waals surface area (Å²) in [4.78, 5) is 4.14. The van der Waals surface area contributed by atoms with Gasteiger partial charge in [-0.3, -0.25) is 0 Å². The number of benzene rings is 1. The summed E-state index contributed by atoms with van der Waals surface area (Å²) in [6.45, 7) is 0.804. The molecule has 0 aliphatic rings. The molecule has 2 aromatic rings. The van der Waals surface area contributed by atoms with Gasteiger partial charge in [0.15, 0.2) is 0 Å². The van der Waals surface area contributed by atoms with Gasteiger partial charge in [-0.25, -0.2) is 9.37 Å². The molecule has 0 aliphatic heterocycles. The van der Waals surface area contributed by atoms with E-state index < -0.39 is 0 Å². The Morgan fingerprint density at radius 1 is 1.17 bits per heavy atom. The van der Waals surface area contributed by atoms with E-state index in [0.29, 0.717) is 0 Å². The Balaban J connectivity index is 1.86. The Morgan fingerprint density at radius 2 is 1.94 bits per heavy atom. The highest BCUT2D eigenvalue weighted by molar-refractivity contribution is 5.51. The lowest BCUT2D eigenvalue weighted by molar-refractivity contribution is 0.627. The van der Waals surface area contributed by atoms with Gasteiger partial charge in [-0.05, 0) is 30.2 Å².